The van der Waals surface area contributed by atoms with Crippen molar-refractivity contribution in [2.45, 2.75) is 31.4 Å². The van der Waals surface area contributed by atoms with Crippen molar-refractivity contribution < 1.29 is 14.3 Å². The Morgan fingerprint density at radius 3 is 2.93 bits per heavy atom. The van der Waals surface area contributed by atoms with E-state index in [1.807, 2.05) is 0 Å². The van der Waals surface area contributed by atoms with Crippen LogP contribution in [0.25, 0.3) is 0 Å². The predicted octanol–water partition coefficient (Wildman–Crippen LogP) is -0.830. The Morgan fingerprint density at radius 2 is 2.36 bits per heavy atom. The van der Waals surface area contributed by atoms with E-state index in [-0.39, 0.29) is 30.4 Å². The maximum absolute atomic E-state index is 11.2. The summed E-state index contributed by atoms with van der Waals surface area (Å²) in [6, 6.07) is -0.355. The zero-order chi connectivity index (χ0) is 9.97. The molecule has 2 heterocycles. The Hall–Kier alpha value is -0.940. The number of carbonyl (C=O) groups is 2. The Morgan fingerprint density at radius 1 is 1.50 bits per heavy atom. The SMILES string of the molecule is O=C1CC(NCC2CCCO2)C(=O)N1. The first-order chi connectivity index (χ1) is 6.75. The summed E-state index contributed by atoms with van der Waals surface area (Å²) in [5, 5.41) is 5.31. The average molecular weight is 198 g/mol. The number of hydrogen-bond acceptors (Lipinski definition) is 4. The number of imide groups is 1. The van der Waals surface area contributed by atoms with Crippen molar-refractivity contribution >= 4 is 11.8 Å². The normalized spacial score (nSPS) is 32.3. The summed E-state index contributed by atoms with van der Waals surface area (Å²) in [4.78, 5) is 22.0. The number of rotatable bonds is 3. The second-order valence-corrected chi connectivity index (χ2v) is 3.71. The summed E-state index contributed by atoms with van der Waals surface area (Å²) < 4.78 is 5.40. The first-order valence-corrected chi connectivity index (χ1v) is 4.94. The van der Waals surface area contributed by atoms with Crippen LogP contribution in [0.15, 0.2) is 0 Å². The molecule has 2 aliphatic heterocycles. The van der Waals surface area contributed by atoms with Crippen molar-refractivity contribution in [3.05, 3.63) is 0 Å². The first-order valence-electron chi connectivity index (χ1n) is 4.94. The van der Waals surface area contributed by atoms with Crippen LogP contribution >= 0.6 is 0 Å². The van der Waals surface area contributed by atoms with Crippen molar-refractivity contribution in [3.63, 3.8) is 0 Å². The topological polar surface area (TPSA) is 67.4 Å². The maximum Gasteiger partial charge on any atom is 0.244 e. The van der Waals surface area contributed by atoms with Crippen molar-refractivity contribution in [1.29, 1.82) is 0 Å². The fourth-order valence-corrected chi connectivity index (χ4v) is 1.80. The van der Waals surface area contributed by atoms with Crippen molar-refractivity contribution in [2.24, 2.45) is 0 Å². The molecule has 0 aromatic carbocycles. The summed E-state index contributed by atoms with van der Waals surface area (Å²) in [5.41, 5.74) is 0. The third kappa shape index (κ3) is 2.10. The minimum Gasteiger partial charge on any atom is -0.377 e. The quantitative estimate of drug-likeness (QED) is 0.581. The minimum absolute atomic E-state index is 0.195. The van der Waals surface area contributed by atoms with Crippen molar-refractivity contribution in [3.8, 4) is 0 Å². The van der Waals surface area contributed by atoms with Crippen LogP contribution in [0.5, 0.6) is 0 Å². The van der Waals surface area contributed by atoms with Crippen LogP contribution in [-0.4, -0.2) is 37.1 Å². The molecule has 0 saturated carbocycles. The lowest BCUT2D eigenvalue weighted by atomic mass is 10.2. The lowest BCUT2D eigenvalue weighted by Gasteiger charge is -2.13. The molecule has 0 aliphatic carbocycles. The van der Waals surface area contributed by atoms with Gasteiger partial charge in [-0.25, -0.2) is 0 Å². The van der Waals surface area contributed by atoms with E-state index in [4.69, 9.17) is 4.74 Å². The van der Waals surface area contributed by atoms with E-state index >= 15 is 0 Å². The Kier molecular flexibility index (Phi) is 2.79. The molecule has 2 aliphatic rings. The fourth-order valence-electron chi connectivity index (χ4n) is 1.80. The van der Waals surface area contributed by atoms with Gasteiger partial charge in [0.05, 0.1) is 18.6 Å². The van der Waals surface area contributed by atoms with Crippen LogP contribution in [-0.2, 0) is 14.3 Å². The molecule has 78 valence electrons. The molecular formula is C9H14N2O3. The molecular weight excluding hydrogens is 184 g/mol. The predicted molar refractivity (Wildman–Crippen MR) is 48.5 cm³/mol. The molecule has 0 aromatic heterocycles. The second kappa shape index (κ2) is 4.06. The highest BCUT2D eigenvalue weighted by molar-refractivity contribution is 6.05. The molecule has 5 heteroatoms. The first kappa shape index (κ1) is 9.61. The average Bonchev–Trinajstić information content (AvgIpc) is 2.72. The molecule has 2 N–H and O–H groups in total. The Balaban J connectivity index is 1.74. The second-order valence-electron chi connectivity index (χ2n) is 3.71. The van der Waals surface area contributed by atoms with Gasteiger partial charge in [0, 0.05) is 13.2 Å². The van der Waals surface area contributed by atoms with E-state index in [9.17, 15) is 9.59 Å². The highest BCUT2D eigenvalue weighted by atomic mass is 16.5. The van der Waals surface area contributed by atoms with Gasteiger partial charge in [0.25, 0.3) is 0 Å². The van der Waals surface area contributed by atoms with Gasteiger partial charge < -0.3 is 10.1 Å². The van der Waals surface area contributed by atoms with Gasteiger partial charge >= 0.3 is 0 Å². The molecule has 0 spiro atoms. The van der Waals surface area contributed by atoms with Gasteiger partial charge in [-0.05, 0) is 12.8 Å². The molecule has 14 heavy (non-hydrogen) atoms. The number of ether oxygens (including phenoxy) is 1. The van der Waals surface area contributed by atoms with Crippen LogP contribution in [0.2, 0.25) is 0 Å². The Bertz CT molecular complexity index is 248. The maximum atomic E-state index is 11.2. The van der Waals surface area contributed by atoms with Crippen LogP contribution in [0.3, 0.4) is 0 Å². The van der Waals surface area contributed by atoms with E-state index in [1.54, 1.807) is 0 Å². The third-order valence-electron chi connectivity index (χ3n) is 2.58. The van der Waals surface area contributed by atoms with Gasteiger partial charge in [-0.1, -0.05) is 0 Å². The highest BCUT2D eigenvalue weighted by Crippen LogP contribution is 2.11. The molecule has 2 unspecified atom stereocenters. The third-order valence-corrected chi connectivity index (χ3v) is 2.58. The summed E-state index contributed by atoms with van der Waals surface area (Å²) in [5.74, 6) is -0.409. The van der Waals surface area contributed by atoms with Crippen LogP contribution in [0.4, 0.5) is 0 Å². The molecule has 2 fully saturated rings. The summed E-state index contributed by atoms with van der Waals surface area (Å²) in [6.07, 6.45) is 2.58. The van der Waals surface area contributed by atoms with Gasteiger partial charge in [0.2, 0.25) is 11.8 Å². The summed E-state index contributed by atoms with van der Waals surface area (Å²) >= 11 is 0. The van der Waals surface area contributed by atoms with E-state index in [1.165, 1.54) is 0 Å². The molecule has 2 rings (SSSR count). The molecule has 0 bridgehead atoms. The standard InChI is InChI=1S/C9H14N2O3/c12-8-4-7(9(13)11-8)10-5-6-2-1-3-14-6/h6-7,10H,1-5H2,(H,11,12,13). The van der Waals surface area contributed by atoms with E-state index < -0.39 is 0 Å². The molecule has 0 radical (unpaired) electrons. The van der Waals surface area contributed by atoms with E-state index in [0.717, 1.165) is 19.4 Å². The molecule has 5 nitrogen and oxygen atoms in total. The lowest BCUT2D eigenvalue weighted by Crippen LogP contribution is -2.40. The number of carbonyl (C=O) groups excluding carboxylic acids is 2. The van der Waals surface area contributed by atoms with Gasteiger partial charge in [0.15, 0.2) is 0 Å². The van der Waals surface area contributed by atoms with Crippen LogP contribution in [0.1, 0.15) is 19.3 Å². The number of nitrogens with one attached hydrogen (secondary N) is 2. The summed E-state index contributed by atoms with van der Waals surface area (Å²) in [6.45, 7) is 1.47. The van der Waals surface area contributed by atoms with Crippen LogP contribution in [0, 0.1) is 0 Å². The van der Waals surface area contributed by atoms with Crippen LogP contribution < -0.4 is 10.6 Å². The Labute approximate surface area is 82.2 Å². The van der Waals surface area contributed by atoms with E-state index in [2.05, 4.69) is 10.6 Å². The highest BCUT2D eigenvalue weighted by Gasteiger charge is 2.30. The zero-order valence-electron chi connectivity index (χ0n) is 7.91. The van der Waals surface area contributed by atoms with Crippen molar-refractivity contribution in [1.82, 2.24) is 10.6 Å². The molecule has 2 amide bonds. The molecule has 0 aromatic rings. The summed E-state index contributed by atoms with van der Waals surface area (Å²) in [7, 11) is 0. The van der Waals surface area contributed by atoms with E-state index in [0.29, 0.717) is 6.54 Å². The van der Waals surface area contributed by atoms with Gasteiger partial charge in [-0.15, -0.1) is 0 Å². The smallest absolute Gasteiger partial charge is 0.244 e. The fraction of sp³-hybridized carbons (Fsp3) is 0.778. The number of amides is 2. The van der Waals surface area contributed by atoms with Crippen molar-refractivity contribution in [2.75, 3.05) is 13.2 Å². The molecule has 2 saturated heterocycles. The minimum atomic E-state index is -0.355. The molecule has 2 atom stereocenters. The lowest BCUT2D eigenvalue weighted by molar-refractivity contribution is -0.125. The van der Waals surface area contributed by atoms with Gasteiger partial charge in [0.1, 0.15) is 0 Å². The zero-order valence-corrected chi connectivity index (χ0v) is 7.91. The monoisotopic (exact) mass is 198 g/mol. The number of hydrogen-bond donors (Lipinski definition) is 2. The van der Waals surface area contributed by atoms with Gasteiger partial charge in [-0.2, -0.15) is 0 Å². The largest absolute Gasteiger partial charge is 0.377 e. The van der Waals surface area contributed by atoms with Gasteiger partial charge in [-0.3, -0.25) is 14.9 Å².